The van der Waals surface area contributed by atoms with Crippen molar-refractivity contribution in [3.63, 3.8) is 0 Å². The second-order valence-corrected chi connectivity index (χ2v) is 8.89. The Kier molecular flexibility index (Phi) is 9.01. The first kappa shape index (κ1) is 27.2. The van der Waals surface area contributed by atoms with Crippen molar-refractivity contribution >= 4 is 11.6 Å². The lowest BCUT2D eigenvalue weighted by atomic mass is 9.94. The molecule has 11 heteroatoms. The molecular formula is C27H29F3N4O4. The zero-order valence-electron chi connectivity index (χ0n) is 20.7. The molecule has 0 spiro atoms. The molecule has 2 aliphatic rings. The summed E-state index contributed by atoms with van der Waals surface area (Å²) in [4.78, 5) is 19.4. The fraction of sp³-hybridized carbons (Fsp3) is 0.370. The fourth-order valence-corrected chi connectivity index (χ4v) is 4.26. The van der Waals surface area contributed by atoms with Gasteiger partial charge in [-0.3, -0.25) is 4.79 Å². The van der Waals surface area contributed by atoms with E-state index in [0.717, 1.165) is 61.7 Å². The van der Waals surface area contributed by atoms with Crippen LogP contribution in [0.3, 0.4) is 0 Å². The van der Waals surface area contributed by atoms with E-state index in [1.807, 2.05) is 42.5 Å². The first-order chi connectivity index (χ1) is 18.3. The van der Waals surface area contributed by atoms with E-state index >= 15 is 0 Å². The van der Waals surface area contributed by atoms with E-state index in [2.05, 4.69) is 14.9 Å². The van der Waals surface area contributed by atoms with Crippen molar-refractivity contribution in [2.75, 3.05) is 37.8 Å². The third kappa shape index (κ3) is 7.58. The summed E-state index contributed by atoms with van der Waals surface area (Å²) in [6.07, 6.45) is 0.746. The van der Waals surface area contributed by atoms with Gasteiger partial charge in [0.15, 0.2) is 5.75 Å². The third-order valence-corrected chi connectivity index (χ3v) is 6.05. The summed E-state index contributed by atoms with van der Waals surface area (Å²) in [6.45, 7) is 3.21. The lowest BCUT2D eigenvalue weighted by Crippen LogP contribution is -2.23. The Balaban J connectivity index is 0.000000186. The van der Waals surface area contributed by atoms with Crippen LogP contribution in [-0.4, -0.2) is 48.8 Å². The highest BCUT2D eigenvalue weighted by molar-refractivity contribution is 5.75. The Morgan fingerprint density at radius 2 is 1.79 bits per heavy atom. The molecule has 2 aromatic carbocycles. The van der Waals surface area contributed by atoms with Gasteiger partial charge in [-0.1, -0.05) is 24.3 Å². The Hall–Kier alpha value is -3.86. The number of hydrogen-bond donors (Lipinski definition) is 1. The molecule has 5 rings (SSSR count). The number of primary amides is 1. The van der Waals surface area contributed by atoms with Gasteiger partial charge in [-0.05, 0) is 43.0 Å². The molecule has 2 N–H and O–H groups in total. The molecule has 2 aliphatic heterocycles. The number of hydrogen-bond acceptors (Lipinski definition) is 7. The summed E-state index contributed by atoms with van der Waals surface area (Å²) in [7, 11) is 0. The Bertz CT molecular complexity index is 1200. The molecule has 8 nitrogen and oxygen atoms in total. The quantitative estimate of drug-likeness (QED) is 0.462. The van der Waals surface area contributed by atoms with Crippen molar-refractivity contribution in [3.8, 4) is 17.2 Å². The number of benzene rings is 2. The number of ether oxygens (including phenoxy) is 3. The van der Waals surface area contributed by atoms with Gasteiger partial charge >= 0.3 is 6.18 Å². The van der Waals surface area contributed by atoms with Crippen molar-refractivity contribution in [1.82, 2.24) is 9.97 Å². The molecule has 202 valence electrons. The van der Waals surface area contributed by atoms with E-state index in [1.54, 1.807) is 6.07 Å². The van der Waals surface area contributed by atoms with Crippen molar-refractivity contribution in [2.45, 2.75) is 31.4 Å². The summed E-state index contributed by atoms with van der Waals surface area (Å²) in [5, 5.41) is 0. The number of anilines is 1. The highest BCUT2D eigenvalue weighted by Gasteiger charge is 2.34. The molecule has 1 saturated heterocycles. The van der Waals surface area contributed by atoms with Crippen LogP contribution in [0, 0.1) is 0 Å². The van der Waals surface area contributed by atoms with Gasteiger partial charge in [0.2, 0.25) is 11.7 Å². The smallest absolute Gasteiger partial charge is 0.451 e. The van der Waals surface area contributed by atoms with Crippen LogP contribution in [0.15, 0.2) is 60.9 Å². The minimum atomic E-state index is -4.55. The van der Waals surface area contributed by atoms with Crippen LogP contribution in [0.1, 0.15) is 36.6 Å². The molecule has 1 fully saturated rings. The van der Waals surface area contributed by atoms with Crippen molar-refractivity contribution in [3.05, 3.63) is 72.3 Å². The highest BCUT2D eigenvalue weighted by Crippen LogP contribution is 2.33. The lowest BCUT2D eigenvalue weighted by Gasteiger charge is -2.25. The number of rotatable bonds is 7. The molecule has 38 heavy (non-hydrogen) atoms. The minimum Gasteiger partial charge on any atom is -0.493 e. The van der Waals surface area contributed by atoms with Gasteiger partial charge in [-0.2, -0.15) is 13.2 Å². The van der Waals surface area contributed by atoms with Gasteiger partial charge in [0.05, 0.1) is 25.6 Å². The molecule has 0 bridgehead atoms. The summed E-state index contributed by atoms with van der Waals surface area (Å²) >= 11 is 0. The van der Waals surface area contributed by atoms with E-state index in [4.69, 9.17) is 19.9 Å². The Labute approximate surface area is 218 Å². The molecule has 3 heterocycles. The average molecular weight is 531 g/mol. The molecule has 1 atom stereocenters. The zero-order chi connectivity index (χ0) is 27.0. The Morgan fingerprint density at radius 1 is 1.05 bits per heavy atom. The zero-order valence-corrected chi connectivity index (χ0v) is 20.7. The third-order valence-electron chi connectivity index (χ3n) is 6.05. The molecule has 0 aliphatic carbocycles. The number of aromatic nitrogens is 2. The SMILES string of the molecule is FC(F)(F)c1ncc(Oc2cccc(N3CCCC3)c2)cn1.NC(=O)COCC1CCOc2ccccc21. The van der Waals surface area contributed by atoms with E-state index < -0.39 is 17.9 Å². The van der Waals surface area contributed by atoms with Gasteiger partial charge < -0.3 is 24.8 Å². The van der Waals surface area contributed by atoms with Crippen LogP contribution >= 0.6 is 0 Å². The number of carbonyl (C=O) groups is 1. The summed E-state index contributed by atoms with van der Waals surface area (Å²) < 4.78 is 53.5. The Morgan fingerprint density at radius 3 is 2.50 bits per heavy atom. The fourth-order valence-electron chi connectivity index (χ4n) is 4.26. The first-order valence-corrected chi connectivity index (χ1v) is 12.3. The number of fused-ring (bicyclic) bond motifs is 1. The van der Waals surface area contributed by atoms with Crippen LogP contribution in [-0.2, 0) is 15.7 Å². The monoisotopic (exact) mass is 530 g/mol. The molecule has 1 aromatic heterocycles. The van der Waals surface area contributed by atoms with Crippen LogP contribution in [0.5, 0.6) is 17.2 Å². The maximum absolute atomic E-state index is 12.4. The second kappa shape index (κ2) is 12.6. The normalized spacial score (nSPS) is 16.6. The van der Waals surface area contributed by atoms with E-state index in [9.17, 15) is 18.0 Å². The standard InChI is InChI=1S/C15H14F3N3O.C12H15NO3/c16-15(17,18)14-19-9-13(10-20-14)22-12-5-3-4-11(8-12)21-6-1-2-7-21;13-12(14)8-15-7-9-5-6-16-11-4-2-1-3-10(9)11/h3-5,8-10H,1-2,6-7H2;1-4,9H,5-8H2,(H2,13,14). The van der Waals surface area contributed by atoms with Crippen molar-refractivity contribution in [2.24, 2.45) is 5.73 Å². The minimum absolute atomic E-state index is 0.0144. The molecule has 0 saturated carbocycles. The van der Waals surface area contributed by atoms with Crippen LogP contribution in [0.2, 0.25) is 0 Å². The molecule has 1 amide bonds. The summed E-state index contributed by atoms with van der Waals surface area (Å²) in [5.41, 5.74) is 7.21. The number of carbonyl (C=O) groups excluding carboxylic acids is 1. The number of nitrogens with zero attached hydrogens (tertiary/aromatic N) is 3. The second-order valence-electron chi connectivity index (χ2n) is 8.89. The predicted octanol–water partition coefficient (Wildman–Crippen LogP) is 4.94. The van der Waals surface area contributed by atoms with Gasteiger partial charge in [-0.15, -0.1) is 0 Å². The first-order valence-electron chi connectivity index (χ1n) is 12.3. The van der Waals surface area contributed by atoms with Crippen LogP contribution in [0.4, 0.5) is 18.9 Å². The van der Waals surface area contributed by atoms with Gasteiger partial charge in [0.1, 0.15) is 18.1 Å². The molecular weight excluding hydrogens is 501 g/mol. The number of amides is 1. The topological polar surface area (TPSA) is 99.8 Å². The summed E-state index contributed by atoms with van der Waals surface area (Å²) in [6, 6.07) is 15.4. The lowest BCUT2D eigenvalue weighted by molar-refractivity contribution is -0.145. The summed E-state index contributed by atoms with van der Waals surface area (Å²) in [5.74, 6) is 0.330. The molecule has 3 aromatic rings. The maximum atomic E-state index is 12.4. The van der Waals surface area contributed by atoms with Gasteiger partial charge in [0.25, 0.3) is 0 Å². The highest BCUT2D eigenvalue weighted by atomic mass is 19.4. The number of nitrogens with two attached hydrogens (primary N) is 1. The molecule has 1 unspecified atom stereocenters. The van der Waals surface area contributed by atoms with Crippen molar-refractivity contribution in [1.29, 1.82) is 0 Å². The van der Waals surface area contributed by atoms with Gasteiger partial charge in [-0.25, -0.2) is 9.97 Å². The van der Waals surface area contributed by atoms with Crippen molar-refractivity contribution < 1.29 is 32.2 Å². The van der Waals surface area contributed by atoms with Crippen LogP contribution < -0.4 is 20.1 Å². The van der Waals surface area contributed by atoms with Crippen LogP contribution in [0.25, 0.3) is 0 Å². The predicted molar refractivity (Wildman–Crippen MR) is 134 cm³/mol. The number of halogens is 3. The maximum Gasteiger partial charge on any atom is 0.451 e. The number of para-hydroxylation sites is 1. The van der Waals surface area contributed by atoms with E-state index in [0.29, 0.717) is 24.9 Å². The molecule has 0 radical (unpaired) electrons. The largest absolute Gasteiger partial charge is 0.493 e. The number of alkyl halides is 3. The van der Waals surface area contributed by atoms with E-state index in [-0.39, 0.29) is 12.4 Å². The van der Waals surface area contributed by atoms with E-state index in [1.165, 1.54) is 0 Å². The van der Waals surface area contributed by atoms with Gasteiger partial charge in [0, 0.05) is 30.8 Å². The average Bonchev–Trinajstić information content (AvgIpc) is 3.44.